The first kappa shape index (κ1) is 13.0. The first-order valence-corrected chi connectivity index (χ1v) is 7.05. The van der Waals surface area contributed by atoms with E-state index in [1.807, 2.05) is 0 Å². The van der Waals surface area contributed by atoms with Crippen molar-refractivity contribution in [3.63, 3.8) is 0 Å². The number of hydrogen-bond donors (Lipinski definition) is 0. The van der Waals surface area contributed by atoms with Crippen molar-refractivity contribution in [3.05, 3.63) is 0 Å². The van der Waals surface area contributed by atoms with Gasteiger partial charge in [0.1, 0.15) is 0 Å². The van der Waals surface area contributed by atoms with Gasteiger partial charge >= 0.3 is 0 Å². The van der Waals surface area contributed by atoms with Crippen LogP contribution in [0.2, 0.25) is 0 Å². The van der Waals surface area contributed by atoms with E-state index in [1.54, 1.807) is 0 Å². The molecule has 0 atom stereocenters. The first-order chi connectivity index (χ1) is 7.34. The van der Waals surface area contributed by atoms with Gasteiger partial charge in [0.2, 0.25) is 0 Å². The number of hydrogen-bond acceptors (Lipinski definition) is 1. The van der Waals surface area contributed by atoms with Crippen molar-refractivity contribution in [2.75, 3.05) is 13.6 Å². The molecule has 1 aliphatic rings. The Hall–Kier alpha value is -0.0400. The lowest BCUT2D eigenvalue weighted by Gasteiger charge is -2.31. The summed E-state index contributed by atoms with van der Waals surface area (Å²) in [6.45, 7) is 3.61. The molecule has 1 aliphatic carbocycles. The Morgan fingerprint density at radius 3 is 2.27 bits per heavy atom. The van der Waals surface area contributed by atoms with E-state index in [0.29, 0.717) is 0 Å². The molecule has 0 heterocycles. The third-order valence-electron chi connectivity index (χ3n) is 3.81. The normalized spacial score (nSPS) is 18.6. The summed E-state index contributed by atoms with van der Waals surface area (Å²) >= 11 is 0. The Balaban J connectivity index is 1.99. The van der Waals surface area contributed by atoms with E-state index in [-0.39, 0.29) is 0 Å². The zero-order valence-electron chi connectivity index (χ0n) is 10.8. The predicted molar refractivity (Wildman–Crippen MR) is 68.3 cm³/mol. The van der Waals surface area contributed by atoms with Crippen molar-refractivity contribution in [1.82, 2.24) is 4.90 Å². The number of rotatable bonds is 7. The van der Waals surface area contributed by atoms with Crippen molar-refractivity contribution in [1.29, 1.82) is 0 Å². The Bertz CT molecular complexity index is 138. The summed E-state index contributed by atoms with van der Waals surface area (Å²) in [5, 5.41) is 0. The third kappa shape index (κ3) is 5.55. The molecule has 0 unspecified atom stereocenters. The van der Waals surface area contributed by atoms with Crippen LogP contribution in [0.15, 0.2) is 0 Å². The summed E-state index contributed by atoms with van der Waals surface area (Å²) in [5.41, 5.74) is 0. The van der Waals surface area contributed by atoms with E-state index in [4.69, 9.17) is 0 Å². The predicted octanol–water partition coefficient (Wildman–Crippen LogP) is 4.22. The van der Waals surface area contributed by atoms with Crippen molar-refractivity contribution in [2.24, 2.45) is 0 Å². The Labute approximate surface area is 96.2 Å². The molecule has 1 heteroatoms. The highest BCUT2D eigenvalue weighted by Gasteiger charge is 2.16. The average Bonchev–Trinajstić information content (AvgIpc) is 2.30. The summed E-state index contributed by atoms with van der Waals surface area (Å²) in [5.74, 6) is 0. The summed E-state index contributed by atoms with van der Waals surface area (Å²) in [6, 6.07) is 0.907. The molecule has 1 saturated carbocycles. The van der Waals surface area contributed by atoms with Gasteiger partial charge in [-0.25, -0.2) is 0 Å². The first-order valence-electron chi connectivity index (χ1n) is 7.05. The molecule has 0 aromatic rings. The van der Waals surface area contributed by atoms with E-state index >= 15 is 0 Å². The van der Waals surface area contributed by atoms with E-state index in [2.05, 4.69) is 18.9 Å². The van der Waals surface area contributed by atoms with Gasteiger partial charge < -0.3 is 4.90 Å². The van der Waals surface area contributed by atoms with Crippen molar-refractivity contribution < 1.29 is 0 Å². The molecule has 0 aromatic heterocycles. The maximum atomic E-state index is 2.62. The molecule has 15 heavy (non-hydrogen) atoms. The smallest absolute Gasteiger partial charge is 0.00922 e. The fourth-order valence-corrected chi connectivity index (χ4v) is 2.67. The molecule has 0 bridgehead atoms. The van der Waals surface area contributed by atoms with Gasteiger partial charge in [0.15, 0.2) is 0 Å². The lowest BCUT2D eigenvalue weighted by Crippen LogP contribution is -2.34. The summed E-state index contributed by atoms with van der Waals surface area (Å²) in [4.78, 5) is 2.62. The Morgan fingerprint density at radius 2 is 1.60 bits per heavy atom. The molecule has 1 fully saturated rings. The number of nitrogens with zero attached hydrogens (tertiary/aromatic N) is 1. The topological polar surface area (TPSA) is 3.24 Å². The van der Waals surface area contributed by atoms with Gasteiger partial charge in [-0.15, -0.1) is 0 Å². The fraction of sp³-hybridized carbons (Fsp3) is 1.00. The van der Waals surface area contributed by atoms with Crippen LogP contribution in [0.5, 0.6) is 0 Å². The van der Waals surface area contributed by atoms with Crippen molar-refractivity contribution in [2.45, 2.75) is 77.2 Å². The van der Waals surface area contributed by atoms with E-state index in [1.165, 1.54) is 70.8 Å². The van der Waals surface area contributed by atoms with Crippen LogP contribution in [0.1, 0.15) is 71.1 Å². The van der Waals surface area contributed by atoms with Gasteiger partial charge in [0, 0.05) is 6.04 Å². The molecule has 0 aromatic carbocycles. The molecule has 0 saturated heterocycles. The minimum atomic E-state index is 0.907. The second kappa shape index (κ2) is 8.15. The van der Waals surface area contributed by atoms with Gasteiger partial charge in [-0.05, 0) is 32.9 Å². The molecule has 0 N–H and O–H groups in total. The van der Waals surface area contributed by atoms with Crippen LogP contribution < -0.4 is 0 Å². The lowest BCUT2D eigenvalue weighted by atomic mass is 9.94. The number of unbranched alkanes of at least 4 members (excludes halogenated alkanes) is 4. The minimum absolute atomic E-state index is 0.907. The highest BCUT2D eigenvalue weighted by atomic mass is 15.1. The van der Waals surface area contributed by atoms with Crippen LogP contribution in [0.4, 0.5) is 0 Å². The van der Waals surface area contributed by atoms with Crippen LogP contribution in [-0.4, -0.2) is 24.5 Å². The lowest BCUT2D eigenvalue weighted by molar-refractivity contribution is 0.188. The Kier molecular flexibility index (Phi) is 7.08. The van der Waals surface area contributed by atoms with E-state index in [9.17, 15) is 0 Å². The second-order valence-electron chi connectivity index (χ2n) is 5.19. The molecular weight excluding hydrogens is 182 g/mol. The SMILES string of the molecule is CCCCCCCN(C)C1CCCCC1. The van der Waals surface area contributed by atoms with Gasteiger partial charge in [-0.2, -0.15) is 0 Å². The molecule has 0 aliphatic heterocycles. The van der Waals surface area contributed by atoms with Gasteiger partial charge in [0.25, 0.3) is 0 Å². The molecule has 1 nitrogen and oxygen atoms in total. The fourth-order valence-electron chi connectivity index (χ4n) is 2.67. The molecular formula is C14H29N. The van der Waals surface area contributed by atoms with Crippen LogP contribution in [-0.2, 0) is 0 Å². The maximum Gasteiger partial charge on any atom is 0.00922 e. The van der Waals surface area contributed by atoms with Crippen molar-refractivity contribution in [3.8, 4) is 0 Å². The van der Waals surface area contributed by atoms with Gasteiger partial charge in [0.05, 0.1) is 0 Å². The quantitative estimate of drug-likeness (QED) is 0.570. The molecule has 0 spiro atoms. The zero-order valence-corrected chi connectivity index (χ0v) is 10.8. The largest absolute Gasteiger partial charge is 0.303 e. The highest BCUT2D eigenvalue weighted by Crippen LogP contribution is 2.21. The molecule has 90 valence electrons. The monoisotopic (exact) mass is 211 g/mol. The molecule has 0 amide bonds. The standard InChI is InChI=1S/C14H29N/c1-3-4-5-6-10-13-15(2)14-11-8-7-9-12-14/h14H,3-13H2,1-2H3. The zero-order chi connectivity index (χ0) is 10.9. The average molecular weight is 211 g/mol. The van der Waals surface area contributed by atoms with Crippen LogP contribution in [0, 0.1) is 0 Å². The maximum absolute atomic E-state index is 2.62. The van der Waals surface area contributed by atoms with Gasteiger partial charge in [-0.1, -0.05) is 51.9 Å². The highest BCUT2D eigenvalue weighted by molar-refractivity contribution is 4.73. The third-order valence-corrected chi connectivity index (χ3v) is 3.81. The summed E-state index contributed by atoms with van der Waals surface area (Å²) < 4.78 is 0. The van der Waals surface area contributed by atoms with Crippen molar-refractivity contribution >= 4 is 0 Å². The summed E-state index contributed by atoms with van der Waals surface area (Å²) in [7, 11) is 2.33. The van der Waals surface area contributed by atoms with E-state index in [0.717, 1.165) is 6.04 Å². The van der Waals surface area contributed by atoms with Crippen LogP contribution >= 0.6 is 0 Å². The minimum Gasteiger partial charge on any atom is -0.303 e. The summed E-state index contributed by atoms with van der Waals surface area (Å²) in [6.07, 6.45) is 14.4. The molecule has 1 rings (SSSR count). The molecule has 0 radical (unpaired) electrons. The van der Waals surface area contributed by atoms with Crippen LogP contribution in [0.25, 0.3) is 0 Å². The second-order valence-corrected chi connectivity index (χ2v) is 5.19. The van der Waals surface area contributed by atoms with Crippen LogP contribution in [0.3, 0.4) is 0 Å². The van der Waals surface area contributed by atoms with Gasteiger partial charge in [-0.3, -0.25) is 0 Å². The Morgan fingerprint density at radius 1 is 0.933 bits per heavy atom. The van der Waals surface area contributed by atoms with E-state index < -0.39 is 0 Å².